The molecule has 3 heteroatoms. The van der Waals surface area contributed by atoms with Crippen molar-refractivity contribution in [3.63, 3.8) is 0 Å². The third-order valence-electron chi connectivity index (χ3n) is 6.33. The summed E-state index contributed by atoms with van der Waals surface area (Å²) in [5.41, 5.74) is 9.76. The molecule has 1 unspecified atom stereocenters. The fraction of sp³-hybridized carbons (Fsp3) is 0.524. The van der Waals surface area contributed by atoms with Gasteiger partial charge in [0.2, 0.25) is 0 Å². The summed E-state index contributed by atoms with van der Waals surface area (Å²) in [6, 6.07) is 0. The van der Waals surface area contributed by atoms with Gasteiger partial charge in [0.1, 0.15) is 0 Å². The van der Waals surface area contributed by atoms with Crippen LogP contribution in [0.2, 0.25) is 0 Å². The van der Waals surface area contributed by atoms with Crippen LogP contribution in [0, 0.1) is 40.5 Å². The molecule has 0 heterocycles. The molecule has 0 aromatic heterocycles. The third kappa shape index (κ3) is 2.41. The molecule has 0 radical (unpaired) electrons. The number of benzene rings is 2. The monoisotopic (exact) mass is 324 g/mol. The summed E-state index contributed by atoms with van der Waals surface area (Å²) in [6.07, 6.45) is 4.92. The standard InChI is InChI=1S/C21H29BO2/c1-7-8-16-9-17-13(4)19-11(2)12(3)21(22(23)24)15(6)20(19)14(5)18(17)10-16/h16,23-24H,7-10H2,1-6H3. The lowest BCUT2D eigenvalue weighted by Crippen LogP contribution is -2.35. The van der Waals surface area contributed by atoms with E-state index in [1.807, 2.05) is 13.8 Å². The molecule has 0 amide bonds. The van der Waals surface area contributed by atoms with E-state index in [2.05, 4.69) is 27.7 Å². The van der Waals surface area contributed by atoms with Crippen molar-refractivity contribution in [2.45, 2.75) is 67.2 Å². The Hall–Kier alpha value is -1.32. The molecule has 0 spiro atoms. The first-order valence-corrected chi connectivity index (χ1v) is 9.19. The smallest absolute Gasteiger partial charge is 0.423 e. The molecule has 1 aliphatic rings. The molecule has 2 aromatic rings. The van der Waals surface area contributed by atoms with Crippen LogP contribution in [0.25, 0.3) is 10.8 Å². The summed E-state index contributed by atoms with van der Waals surface area (Å²) in [5.74, 6) is 0.767. The van der Waals surface area contributed by atoms with E-state index in [9.17, 15) is 10.0 Å². The van der Waals surface area contributed by atoms with Crippen LogP contribution in [0.15, 0.2) is 0 Å². The van der Waals surface area contributed by atoms with E-state index in [-0.39, 0.29) is 0 Å². The van der Waals surface area contributed by atoms with Gasteiger partial charge in [-0.2, -0.15) is 0 Å². The zero-order chi connectivity index (χ0) is 17.8. The van der Waals surface area contributed by atoms with Crippen LogP contribution < -0.4 is 5.46 Å². The second-order valence-corrected chi connectivity index (χ2v) is 7.68. The highest BCUT2D eigenvalue weighted by atomic mass is 16.4. The predicted molar refractivity (Wildman–Crippen MR) is 103 cm³/mol. The molecule has 2 N–H and O–H groups in total. The van der Waals surface area contributed by atoms with E-state index in [0.29, 0.717) is 5.46 Å². The first-order valence-electron chi connectivity index (χ1n) is 9.19. The van der Waals surface area contributed by atoms with Crippen LogP contribution in [0.3, 0.4) is 0 Å². The number of fused-ring (bicyclic) bond motifs is 2. The summed E-state index contributed by atoms with van der Waals surface area (Å²) in [7, 11) is -1.41. The van der Waals surface area contributed by atoms with Gasteiger partial charge in [0.25, 0.3) is 0 Å². The predicted octanol–water partition coefficient (Wildman–Crippen LogP) is 3.58. The molecule has 0 aliphatic heterocycles. The number of hydrogen-bond acceptors (Lipinski definition) is 2. The van der Waals surface area contributed by atoms with Gasteiger partial charge in [-0.1, -0.05) is 19.8 Å². The van der Waals surface area contributed by atoms with Crippen LogP contribution in [0.4, 0.5) is 0 Å². The molecule has 2 aromatic carbocycles. The highest BCUT2D eigenvalue weighted by Gasteiger charge is 2.29. The second-order valence-electron chi connectivity index (χ2n) is 7.68. The minimum atomic E-state index is -1.41. The highest BCUT2D eigenvalue weighted by molar-refractivity contribution is 6.60. The highest BCUT2D eigenvalue weighted by Crippen LogP contribution is 2.41. The molecule has 128 valence electrons. The zero-order valence-corrected chi connectivity index (χ0v) is 15.9. The Kier molecular flexibility index (Phi) is 4.52. The molecule has 1 atom stereocenters. The number of aryl methyl sites for hydroxylation is 4. The molecule has 0 bridgehead atoms. The van der Waals surface area contributed by atoms with Crippen molar-refractivity contribution in [2.24, 2.45) is 5.92 Å². The minimum Gasteiger partial charge on any atom is -0.423 e. The fourth-order valence-electron chi connectivity index (χ4n) is 5.07. The molecule has 24 heavy (non-hydrogen) atoms. The molecule has 1 aliphatic carbocycles. The lowest BCUT2D eigenvalue weighted by Gasteiger charge is -2.22. The van der Waals surface area contributed by atoms with Gasteiger partial charge < -0.3 is 10.0 Å². The van der Waals surface area contributed by atoms with Crippen LogP contribution in [0.5, 0.6) is 0 Å². The molecular formula is C21H29BO2. The lowest BCUT2D eigenvalue weighted by atomic mass is 9.70. The van der Waals surface area contributed by atoms with E-state index < -0.39 is 7.12 Å². The first-order chi connectivity index (χ1) is 11.3. The van der Waals surface area contributed by atoms with Gasteiger partial charge >= 0.3 is 7.12 Å². The quantitative estimate of drug-likeness (QED) is 0.847. The Labute approximate surface area is 146 Å². The van der Waals surface area contributed by atoms with Crippen LogP contribution in [0.1, 0.15) is 58.7 Å². The van der Waals surface area contributed by atoms with E-state index in [0.717, 1.165) is 17.0 Å². The second kappa shape index (κ2) is 6.20. The van der Waals surface area contributed by atoms with Gasteiger partial charge in [0, 0.05) is 0 Å². The number of hydrogen-bond donors (Lipinski definition) is 2. The molecule has 0 saturated heterocycles. The van der Waals surface area contributed by atoms with Crippen molar-refractivity contribution in [2.75, 3.05) is 0 Å². The van der Waals surface area contributed by atoms with E-state index in [1.54, 1.807) is 5.56 Å². The molecule has 0 fully saturated rings. The zero-order valence-electron chi connectivity index (χ0n) is 15.9. The molecule has 2 nitrogen and oxygen atoms in total. The summed E-state index contributed by atoms with van der Waals surface area (Å²) < 4.78 is 0. The summed E-state index contributed by atoms with van der Waals surface area (Å²) in [4.78, 5) is 0. The van der Waals surface area contributed by atoms with Gasteiger partial charge in [0.05, 0.1) is 0 Å². The average molecular weight is 324 g/mol. The maximum Gasteiger partial charge on any atom is 0.488 e. The summed E-state index contributed by atoms with van der Waals surface area (Å²) in [5, 5.41) is 22.4. The summed E-state index contributed by atoms with van der Waals surface area (Å²) in [6.45, 7) is 12.9. The Balaban J connectivity index is 2.38. The fourth-order valence-corrected chi connectivity index (χ4v) is 5.07. The molecular weight excluding hydrogens is 295 g/mol. The van der Waals surface area contributed by atoms with E-state index >= 15 is 0 Å². The van der Waals surface area contributed by atoms with Gasteiger partial charge in [-0.05, 0) is 109 Å². The number of rotatable bonds is 3. The largest absolute Gasteiger partial charge is 0.488 e. The Morgan fingerprint density at radius 3 is 1.75 bits per heavy atom. The molecule has 0 saturated carbocycles. The van der Waals surface area contributed by atoms with Gasteiger partial charge in [-0.3, -0.25) is 0 Å². The lowest BCUT2D eigenvalue weighted by molar-refractivity contribution is 0.425. The van der Waals surface area contributed by atoms with E-state index in [4.69, 9.17) is 0 Å². The Morgan fingerprint density at radius 2 is 1.29 bits per heavy atom. The van der Waals surface area contributed by atoms with Crippen molar-refractivity contribution in [3.8, 4) is 0 Å². The summed E-state index contributed by atoms with van der Waals surface area (Å²) >= 11 is 0. The van der Waals surface area contributed by atoms with Gasteiger partial charge in [-0.15, -0.1) is 0 Å². The SMILES string of the molecule is CCCC1Cc2c(c(C)c3c(C)c(B(O)O)c(C)c(C)c3c2C)C1. The van der Waals surface area contributed by atoms with Crippen LogP contribution in [-0.4, -0.2) is 17.2 Å². The average Bonchev–Trinajstić information content (AvgIpc) is 2.93. The first kappa shape index (κ1) is 17.5. The van der Waals surface area contributed by atoms with Crippen LogP contribution >= 0.6 is 0 Å². The van der Waals surface area contributed by atoms with Crippen molar-refractivity contribution in [1.29, 1.82) is 0 Å². The third-order valence-corrected chi connectivity index (χ3v) is 6.33. The topological polar surface area (TPSA) is 40.5 Å². The van der Waals surface area contributed by atoms with Gasteiger partial charge in [0.15, 0.2) is 0 Å². The molecule has 3 rings (SSSR count). The van der Waals surface area contributed by atoms with Crippen molar-refractivity contribution in [3.05, 3.63) is 38.9 Å². The maximum absolute atomic E-state index is 9.89. The maximum atomic E-state index is 9.89. The van der Waals surface area contributed by atoms with E-state index in [1.165, 1.54) is 58.7 Å². The Bertz CT molecular complexity index is 821. The van der Waals surface area contributed by atoms with Crippen LogP contribution in [-0.2, 0) is 12.8 Å². The van der Waals surface area contributed by atoms with Gasteiger partial charge in [-0.25, -0.2) is 0 Å². The minimum absolute atomic E-state index is 0.686. The Morgan fingerprint density at radius 1 is 0.792 bits per heavy atom. The van der Waals surface area contributed by atoms with Crippen molar-refractivity contribution in [1.82, 2.24) is 0 Å². The normalized spacial score (nSPS) is 16.8. The van der Waals surface area contributed by atoms with Crippen molar-refractivity contribution >= 4 is 23.4 Å². The van der Waals surface area contributed by atoms with Crippen molar-refractivity contribution < 1.29 is 10.0 Å².